The predicted molar refractivity (Wildman–Crippen MR) is 101 cm³/mol. The number of carbonyl (C=O) groups is 1. The van der Waals surface area contributed by atoms with Crippen LogP contribution in [-0.4, -0.2) is 46.5 Å². The lowest BCUT2D eigenvalue weighted by molar-refractivity contribution is -0.122. The first-order valence-electron chi connectivity index (χ1n) is 9.12. The number of carbonyl (C=O) groups excluding carboxylic acids is 1. The molecule has 1 N–H and O–H groups in total. The van der Waals surface area contributed by atoms with Gasteiger partial charge in [-0.2, -0.15) is 4.98 Å². The number of hydrogen-bond donors (Lipinski definition) is 1. The second-order valence-electron chi connectivity index (χ2n) is 6.95. The van der Waals surface area contributed by atoms with Crippen molar-refractivity contribution in [3.05, 3.63) is 63.8 Å². The number of hydrogen-bond acceptors (Lipinski definition) is 4. The van der Waals surface area contributed by atoms with E-state index in [-0.39, 0.29) is 11.6 Å². The Morgan fingerprint density at radius 1 is 1.27 bits per heavy atom. The Kier molecular flexibility index (Phi) is 5.83. The fourth-order valence-electron chi connectivity index (χ4n) is 3.59. The standard InChI is InChI=1S/C20H26N4O2/c1-15-12-16(2)24(20(26)22-15)11-9-21-19(25)14-23-10-8-18(13-23)17-6-4-3-5-7-17/h3-7,12,18H,8-11,13-14H2,1-2H3,(H,21,25)/t18-/m0/s1. The highest BCUT2D eigenvalue weighted by atomic mass is 16.2. The molecule has 0 bridgehead atoms. The van der Waals surface area contributed by atoms with Crippen molar-refractivity contribution in [2.24, 2.45) is 0 Å². The third-order valence-corrected chi connectivity index (χ3v) is 4.91. The zero-order valence-corrected chi connectivity index (χ0v) is 15.4. The van der Waals surface area contributed by atoms with E-state index in [4.69, 9.17) is 0 Å². The van der Waals surface area contributed by atoms with E-state index in [1.165, 1.54) is 5.56 Å². The number of amides is 1. The van der Waals surface area contributed by atoms with E-state index < -0.39 is 0 Å². The molecule has 2 aromatic rings. The zero-order valence-electron chi connectivity index (χ0n) is 15.4. The fraction of sp³-hybridized carbons (Fsp3) is 0.450. The summed E-state index contributed by atoms with van der Waals surface area (Å²) in [7, 11) is 0. The summed E-state index contributed by atoms with van der Waals surface area (Å²) >= 11 is 0. The Bertz CT molecular complexity index is 816. The van der Waals surface area contributed by atoms with E-state index in [0.29, 0.717) is 25.6 Å². The molecule has 2 heterocycles. The number of nitrogens with zero attached hydrogens (tertiary/aromatic N) is 3. The number of aromatic nitrogens is 2. The monoisotopic (exact) mass is 354 g/mol. The molecule has 1 aromatic heterocycles. The van der Waals surface area contributed by atoms with E-state index >= 15 is 0 Å². The fourth-order valence-corrected chi connectivity index (χ4v) is 3.59. The highest BCUT2D eigenvalue weighted by Gasteiger charge is 2.24. The SMILES string of the molecule is Cc1cc(C)n(CCNC(=O)CN2CC[C@H](c3ccccc3)C2)c(=O)n1. The van der Waals surface area contributed by atoms with Crippen molar-refractivity contribution in [2.45, 2.75) is 32.7 Å². The Balaban J connectivity index is 1.45. The average Bonchev–Trinajstić information content (AvgIpc) is 3.06. The van der Waals surface area contributed by atoms with E-state index in [1.54, 1.807) is 11.5 Å². The minimum Gasteiger partial charge on any atom is -0.353 e. The zero-order chi connectivity index (χ0) is 18.5. The molecule has 6 heteroatoms. The van der Waals surface area contributed by atoms with Crippen molar-refractivity contribution in [1.82, 2.24) is 19.8 Å². The van der Waals surface area contributed by atoms with Crippen LogP contribution < -0.4 is 11.0 Å². The summed E-state index contributed by atoms with van der Waals surface area (Å²) in [5.74, 6) is 0.508. The lowest BCUT2D eigenvalue weighted by Crippen LogP contribution is -2.38. The normalized spacial score (nSPS) is 17.4. The summed E-state index contributed by atoms with van der Waals surface area (Å²) in [6.07, 6.45) is 1.08. The van der Waals surface area contributed by atoms with Crippen molar-refractivity contribution in [2.75, 3.05) is 26.2 Å². The number of nitrogens with one attached hydrogen (secondary N) is 1. The molecule has 0 spiro atoms. The van der Waals surface area contributed by atoms with Gasteiger partial charge in [-0.15, -0.1) is 0 Å². The van der Waals surface area contributed by atoms with Gasteiger partial charge in [-0.25, -0.2) is 4.79 Å². The van der Waals surface area contributed by atoms with Crippen LogP contribution in [0.2, 0.25) is 0 Å². The second kappa shape index (κ2) is 8.27. The molecule has 1 fully saturated rings. The summed E-state index contributed by atoms with van der Waals surface area (Å²) in [6.45, 7) is 6.82. The van der Waals surface area contributed by atoms with Gasteiger partial charge in [-0.1, -0.05) is 30.3 Å². The van der Waals surface area contributed by atoms with Crippen LogP contribution >= 0.6 is 0 Å². The van der Waals surface area contributed by atoms with Crippen molar-refractivity contribution in [3.8, 4) is 0 Å². The second-order valence-corrected chi connectivity index (χ2v) is 6.95. The van der Waals surface area contributed by atoms with Gasteiger partial charge in [0, 0.05) is 31.0 Å². The number of benzene rings is 1. The molecule has 0 aliphatic carbocycles. The maximum atomic E-state index is 12.2. The van der Waals surface area contributed by atoms with Gasteiger partial charge in [0.25, 0.3) is 0 Å². The van der Waals surface area contributed by atoms with Gasteiger partial charge in [-0.3, -0.25) is 14.3 Å². The highest BCUT2D eigenvalue weighted by molar-refractivity contribution is 5.78. The maximum absolute atomic E-state index is 12.2. The van der Waals surface area contributed by atoms with Gasteiger partial charge >= 0.3 is 5.69 Å². The van der Waals surface area contributed by atoms with Crippen molar-refractivity contribution in [1.29, 1.82) is 0 Å². The van der Waals surface area contributed by atoms with Crippen LogP contribution in [0.15, 0.2) is 41.2 Å². The number of rotatable bonds is 6. The molecular weight excluding hydrogens is 328 g/mol. The molecule has 26 heavy (non-hydrogen) atoms. The Morgan fingerprint density at radius 3 is 2.77 bits per heavy atom. The molecule has 138 valence electrons. The van der Waals surface area contributed by atoms with Gasteiger partial charge in [0.05, 0.1) is 6.54 Å². The molecule has 1 aromatic carbocycles. The third kappa shape index (κ3) is 4.58. The lowest BCUT2D eigenvalue weighted by Gasteiger charge is -2.16. The van der Waals surface area contributed by atoms with Gasteiger partial charge in [-0.05, 0) is 44.4 Å². The summed E-state index contributed by atoms with van der Waals surface area (Å²) in [4.78, 5) is 30.2. The first-order chi connectivity index (χ1) is 12.5. The van der Waals surface area contributed by atoms with Gasteiger partial charge < -0.3 is 5.32 Å². The molecule has 0 unspecified atom stereocenters. The smallest absolute Gasteiger partial charge is 0.348 e. The molecule has 1 amide bonds. The number of aryl methyl sites for hydroxylation is 2. The topological polar surface area (TPSA) is 67.2 Å². The van der Waals surface area contributed by atoms with Crippen LogP contribution in [0.3, 0.4) is 0 Å². The van der Waals surface area contributed by atoms with Gasteiger partial charge in [0.2, 0.25) is 5.91 Å². The Labute approximate surface area is 153 Å². The first kappa shape index (κ1) is 18.3. The largest absolute Gasteiger partial charge is 0.353 e. The molecule has 1 saturated heterocycles. The molecule has 6 nitrogen and oxygen atoms in total. The lowest BCUT2D eigenvalue weighted by atomic mass is 9.99. The van der Waals surface area contributed by atoms with E-state index in [0.717, 1.165) is 30.9 Å². The molecule has 3 rings (SSSR count). The van der Waals surface area contributed by atoms with Crippen LogP contribution in [0.1, 0.15) is 29.3 Å². The van der Waals surface area contributed by atoms with Crippen molar-refractivity contribution < 1.29 is 4.79 Å². The van der Waals surface area contributed by atoms with E-state index in [2.05, 4.69) is 39.5 Å². The minimum absolute atomic E-state index is 0.00415. The molecule has 1 aliphatic rings. The van der Waals surface area contributed by atoms with Crippen molar-refractivity contribution >= 4 is 5.91 Å². The molecule has 0 saturated carbocycles. The van der Waals surface area contributed by atoms with Crippen LogP contribution in [0.25, 0.3) is 0 Å². The minimum atomic E-state index is -0.262. The quantitative estimate of drug-likeness (QED) is 0.853. The summed E-state index contributed by atoms with van der Waals surface area (Å²) < 4.78 is 1.59. The van der Waals surface area contributed by atoms with Crippen LogP contribution in [-0.2, 0) is 11.3 Å². The summed E-state index contributed by atoms with van der Waals surface area (Å²) in [5.41, 5.74) is 2.66. The average molecular weight is 354 g/mol. The van der Waals surface area contributed by atoms with Crippen LogP contribution in [0.4, 0.5) is 0 Å². The Morgan fingerprint density at radius 2 is 2.04 bits per heavy atom. The van der Waals surface area contributed by atoms with Gasteiger partial charge in [0.15, 0.2) is 0 Å². The summed E-state index contributed by atoms with van der Waals surface area (Å²) in [6, 6.07) is 12.3. The van der Waals surface area contributed by atoms with E-state index in [1.807, 2.05) is 19.1 Å². The predicted octanol–water partition coefficient (Wildman–Crippen LogP) is 1.47. The molecule has 1 atom stereocenters. The molecular formula is C20H26N4O2. The Hall–Kier alpha value is -2.47. The van der Waals surface area contributed by atoms with Crippen molar-refractivity contribution in [3.63, 3.8) is 0 Å². The number of likely N-dealkylation sites (tertiary alicyclic amines) is 1. The molecule has 1 aliphatic heterocycles. The molecule has 0 radical (unpaired) electrons. The first-order valence-corrected chi connectivity index (χ1v) is 9.12. The van der Waals surface area contributed by atoms with Crippen LogP contribution in [0.5, 0.6) is 0 Å². The van der Waals surface area contributed by atoms with Crippen LogP contribution in [0, 0.1) is 13.8 Å². The maximum Gasteiger partial charge on any atom is 0.348 e. The third-order valence-electron chi connectivity index (χ3n) is 4.91. The van der Waals surface area contributed by atoms with Gasteiger partial charge in [0.1, 0.15) is 0 Å². The summed E-state index contributed by atoms with van der Waals surface area (Å²) in [5, 5.41) is 2.91. The highest BCUT2D eigenvalue weighted by Crippen LogP contribution is 2.26. The van der Waals surface area contributed by atoms with E-state index in [9.17, 15) is 9.59 Å².